The van der Waals surface area contributed by atoms with Crippen molar-refractivity contribution < 1.29 is 24.8 Å². The molecular formula is C21H23ClO5. The fourth-order valence-electron chi connectivity index (χ4n) is 3.19. The third-order valence-corrected chi connectivity index (χ3v) is 5.14. The van der Waals surface area contributed by atoms with Crippen molar-refractivity contribution in [3.8, 4) is 5.75 Å². The second-order valence-electron chi connectivity index (χ2n) is 6.53. The molecule has 3 rings (SSSR count). The third kappa shape index (κ3) is 4.12. The molecule has 2 aromatic carbocycles. The lowest BCUT2D eigenvalue weighted by atomic mass is 9.91. The molecule has 1 saturated heterocycles. The van der Waals surface area contributed by atoms with Crippen molar-refractivity contribution in [2.45, 2.75) is 37.8 Å². The average Bonchev–Trinajstić information content (AvgIpc) is 2.69. The third-order valence-electron chi connectivity index (χ3n) is 4.77. The highest BCUT2D eigenvalue weighted by Gasteiger charge is 2.41. The minimum atomic E-state index is -1.32. The highest BCUT2D eigenvalue weighted by atomic mass is 35.5. The first kappa shape index (κ1) is 19.7. The van der Waals surface area contributed by atoms with Gasteiger partial charge in [0.2, 0.25) is 0 Å². The predicted molar refractivity (Wildman–Crippen MR) is 103 cm³/mol. The Hall–Kier alpha value is -2.05. The number of halogens is 1. The smallest absolute Gasteiger partial charge is 0.152 e. The van der Waals surface area contributed by atoms with Crippen LogP contribution in [0.1, 0.15) is 29.7 Å². The van der Waals surface area contributed by atoms with Gasteiger partial charge in [-0.15, -0.1) is 0 Å². The van der Waals surface area contributed by atoms with E-state index in [-0.39, 0.29) is 5.76 Å². The second kappa shape index (κ2) is 8.31. The lowest BCUT2D eigenvalue weighted by molar-refractivity contribution is -0.157. The van der Waals surface area contributed by atoms with E-state index in [1.165, 1.54) is 0 Å². The number of rotatable bonds is 4. The van der Waals surface area contributed by atoms with Gasteiger partial charge >= 0.3 is 0 Å². The molecule has 0 bridgehead atoms. The average molecular weight is 391 g/mol. The van der Waals surface area contributed by atoms with Gasteiger partial charge in [-0.2, -0.15) is 0 Å². The molecule has 4 atom stereocenters. The van der Waals surface area contributed by atoms with Crippen LogP contribution in [0.3, 0.4) is 0 Å². The zero-order chi connectivity index (χ0) is 19.6. The van der Waals surface area contributed by atoms with E-state index in [9.17, 15) is 15.3 Å². The Balaban J connectivity index is 1.87. The number of aliphatic hydroxyl groups excluding tert-OH is 3. The van der Waals surface area contributed by atoms with E-state index in [1.807, 2.05) is 30.3 Å². The van der Waals surface area contributed by atoms with Crippen LogP contribution in [0.2, 0.25) is 5.02 Å². The van der Waals surface area contributed by atoms with E-state index < -0.39 is 24.4 Å². The molecule has 0 aromatic heterocycles. The Morgan fingerprint density at radius 2 is 1.78 bits per heavy atom. The predicted octanol–water partition coefficient (Wildman–Crippen LogP) is 3.00. The molecule has 0 radical (unpaired) electrons. The van der Waals surface area contributed by atoms with Crippen molar-refractivity contribution in [3.05, 3.63) is 76.0 Å². The van der Waals surface area contributed by atoms with E-state index in [1.54, 1.807) is 32.2 Å². The van der Waals surface area contributed by atoms with Crippen LogP contribution in [0, 0.1) is 0 Å². The summed E-state index contributed by atoms with van der Waals surface area (Å²) in [4.78, 5) is 0. The largest absolute Gasteiger partial charge is 0.497 e. The summed E-state index contributed by atoms with van der Waals surface area (Å²) in [5, 5.41) is 31.1. The van der Waals surface area contributed by atoms with Gasteiger partial charge in [-0.3, -0.25) is 0 Å². The summed E-state index contributed by atoms with van der Waals surface area (Å²) in [6.07, 6.45) is -2.43. The van der Waals surface area contributed by atoms with Crippen molar-refractivity contribution in [2.75, 3.05) is 7.11 Å². The zero-order valence-corrected chi connectivity index (χ0v) is 15.9. The SMILES string of the molecule is C/C=C1\O[C@@H](c2ccc(Cl)c(Cc3ccc(OC)cc3)c2)[C@H](O)[C@H](O)[C@@H]1O. The molecule has 3 N–H and O–H groups in total. The zero-order valence-electron chi connectivity index (χ0n) is 15.2. The monoisotopic (exact) mass is 390 g/mol. The quantitative estimate of drug-likeness (QED) is 0.748. The Morgan fingerprint density at radius 3 is 2.41 bits per heavy atom. The molecule has 27 heavy (non-hydrogen) atoms. The van der Waals surface area contributed by atoms with E-state index in [2.05, 4.69) is 0 Å². The van der Waals surface area contributed by atoms with Gasteiger partial charge in [0.05, 0.1) is 7.11 Å². The van der Waals surface area contributed by atoms with E-state index >= 15 is 0 Å². The van der Waals surface area contributed by atoms with Crippen LogP contribution < -0.4 is 4.74 Å². The van der Waals surface area contributed by atoms with E-state index in [0.717, 1.165) is 16.9 Å². The number of allylic oxidation sites excluding steroid dienone is 1. The van der Waals surface area contributed by atoms with Gasteiger partial charge in [0.15, 0.2) is 6.10 Å². The van der Waals surface area contributed by atoms with Gasteiger partial charge < -0.3 is 24.8 Å². The number of methoxy groups -OCH3 is 1. The van der Waals surface area contributed by atoms with Crippen LogP contribution >= 0.6 is 11.6 Å². The van der Waals surface area contributed by atoms with Crippen LogP contribution in [-0.2, 0) is 11.2 Å². The normalized spacial score (nSPS) is 26.7. The Morgan fingerprint density at radius 1 is 1.07 bits per heavy atom. The molecule has 1 heterocycles. The van der Waals surface area contributed by atoms with Gasteiger partial charge in [-0.05, 0) is 54.3 Å². The summed E-state index contributed by atoms with van der Waals surface area (Å²) >= 11 is 6.36. The molecule has 0 amide bonds. The number of benzene rings is 2. The number of hydrogen-bond donors (Lipinski definition) is 3. The van der Waals surface area contributed by atoms with Gasteiger partial charge in [-0.25, -0.2) is 0 Å². The van der Waals surface area contributed by atoms with Crippen LogP contribution in [0.25, 0.3) is 0 Å². The van der Waals surface area contributed by atoms with Crippen LogP contribution in [0.5, 0.6) is 5.75 Å². The molecule has 1 aliphatic heterocycles. The highest BCUT2D eigenvalue weighted by molar-refractivity contribution is 6.31. The van der Waals surface area contributed by atoms with Crippen molar-refractivity contribution in [3.63, 3.8) is 0 Å². The first-order chi connectivity index (χ1) is 12.9. The molecular weight excluding hydrogens is 368 g/mol. The Labute approximate surface area is 163 Å². The highest BCUT2D eigenvalue weighted by Crippen LogP contribution is 2.36. The number of hydrogen-bond acceptors (Lipinski definition) is 5. The summed E-state index contributed by atoms with van der Waals surface area (Å²) < 4.78 is 10.9. The molecule has 0 aliphatic carbocycles. The minimum absolute atomic E-state index is 0.240. The lowest BCUT2D eigenvalue weighted by Crippen LogP contribution is -2.47. The maximum atomic E-state index is 10.4. The Kier molecular flexibility index (Phi) is 6.07. The number of aliphatic hydroxyl groups is 3. The van der Waals surface area contributed by atoms with Crippen molar-refractivity contribution in [1.82, 2.24) is 0 Å². The lowest BCUT2D eigenvalue weighted by Gasteiger charge is -2.37. The summed E-state index contributed by atoms with van der Waals surface area (Å²) in [6.45, 7) is 1.71. The summed E-state index contributed by atoms with van der Waals surface area (Å²) in [5.41, 5.74) is 2.61. The van der Waals surface area contributed by atoms with E-state index in [0.29, 0.717) is 17.0 Å². The molecule has 0 saturated carbocycles. The summed E-state index contributed by atoms with van der Waals surface area (Å²) in [5.74, 6) is 1.02. The Bertz CT molecular complexity index is 818. The van der Waals surface area contributed by atoms with Gasteiger partial charge in [0, 0.05) is 5.02 Å². The van der Waals surface area contributed by atoms with Crippen molar-refractivity contribution in [1.29, 1.82) is 0 Å². The summed E-state index contributed by atoms with van der Waals surface area (Å²) in [6, 6.07) is 13.1. The maximum absolute atomic E-state index is 10.4. The van der Waals surface area contributed by atoms with Gasteiger partial charge in [0.25, 0.3) is 0 Å². The maximum Gasteiger partial charge on any atom is 0.152 e. The van der Waals surface area contributed by atoms with E-state index in [4.69, 9.17) is 21.1 Å². The first-order valence-electron chi connectivity index (χ1n) is 8.73. The molecule has 1 fully saturated rings. The van der Waals surface area contributed by atoms with Gasteiger partial charge in [0.1, 0.15) is 29.8 Å². The molecule has 144 valence electrons. The molecule has 1 aliphatic rings. The van der Waals surface area contributed by atoms with Crippen LogP contribution in [-0.4, -0.2) is 40.7 Å². The van der Waals surface area contributed by atoms with Crippen LogP contribution in [0.15, 0.2) is 54.3 Å². The molecule has 0 spiro atoms. The van der Waals surface area contributed by atoms with Crippen molar-refractivity contribution >= 4 is 11.6 Å². The van der Waals surface area contributed by atoms with Gasteiger partial charge in [-0.1, -0.05) is 35.9 Å². The minimum Gasteiger partial charge on any atom is -0.497 e. The second-order valence-corrected chi connectivity index (χ2v) is 6.94. The topological polar surface area (TPSA) is 79.2 Å². The van der Waals surface area contributed by atoms with Crippen LogP contribution in [0.4, 0.5) is 0 Å². The molecule has 0 unspecified atom stereocenters. The number of ether oxygens (including phenoxy) is 2. The standard InChI is InChI=1S/C21H23ClO5/c1-3-17-18(23)19(24)20(25)21(27-17)13-6-9-16(22)14(11-13)10-12-4-7-15(26-2)8-5-12/h3-9,11,18-21,23-25H,10H2,1-2H3/b17-3-/t18-,19-,20-,21+/m1/s1. The molecule has 6 heteroatoms. The fraction of sp³-hybridized carbons (Fsp3) is 0.333. The molecule has 2 aromatic rings. The van der Waals surface area contributed by atoms with Crippen molar-refractivity contribution in [2.24, 2.45) is 0 Å². The summed E-state index contributed by atoms with van der Waals surface area (Å²) in [7, 11) is 1.62. The first-order valence-corrected chi connectivity index (χ1v) is 9.10. The molecule has 5 nitrogen and oxygen atoms in total. The fourth-order valence-corrected chi connectivity index (χ4v) is 3.38.